The monoisotopic (exact) mass is 698 g/mol. The van der Waals surface area contributed by atoms with Crippen LogP contribution in [0.5, 0.6) is 0 Å². The zero-order valence-electron chi connectivity index (χ0n) is 28.4. The van der Waals surface area contributed by atoms with E-state index in [0.717, 1.165) is 36.8 Å². The van der Waals surface area contributed by atoms with Crippen LogP contribution in [0.3, 0.4) is 0 Å². The molecular weight excluding hydrogens is 662 g/mol. The molecule has 0 spiro atoms. The van der Waals surface area contributed by atoms with Crippen molar-refractivity contribution in [1.82, 2.24) is 5.32 Å². The Morgan fingerprint density at radius 3 is 1.68 bits per heavy atom. The van der Waals surface area contributed by atoms with Gasteiger partial charge in [-0.05, 0) is 116 Å². The predicted molar refractivity (Wildman–Crippen MR) is 178 cm³/mol. The lowest BCUT2D eigenvalue weighted by molar-refractivity contribution is -0.173. The maximum absolute atomic E-state index is 14.9. The van der Waals surface area contributed by atoms with Crippen molar-refractivity contribution < 1.29 is 45.8 Å². The van der Waals surface area contributed by atoms with Gasteiger partial charge in [0.2, 0.25) is 0 Å². The van der Waals surface area contributed by atoms with Crippen LogP contribution < -0.4 is 10.6 Å². The lowest BCUT2D eigenvalue weighted by atomic mass is 9.74. The number of hydrogen-bond donors (Lipinski definition) is 3. The van der Waals surface area contributed by atoms with Gasteiger partial charge in [0.15, 0.2) is 0 Å². The van der Waals surface area contributed by atoms with Crippen LogP contribution >= 0.6 is 0 Å². The molecule has 6 nitrogen and oxygen atoms in total. The molecule has 12 heteroatoms. The van der Waals surface area contributed by atoms with Gasteiger partial charge in [-0.15, -0.1) is 0 Å². The van der Waals surface area contributed by atoms with E-state index in [-0.39, 0.29) is 39.1 Å². The van der Waals surface area contributed by atoms with E-state index in [1.54, 1.807) is 13.8 Å². The zero-order valence-corrected chi connectivity index (χ0v) is 28.4. The molecule has 2 unspecified atom stereocenters. The van der Waals surface area contributed by atoms with Crippen LogP contribution in [0.1, 0.15) is 94.0 Å². The van der Waals surface area contributed by atoms with Crippen molar-refractivity contribution in [1.29, 1.82) is 0 Å². The van der Waals surface area contributed by atoms with Crippen LogP contribution in [0.25, 0.3) is 0 Å². The van der Waals surface area contributed by atoms with Gasteiger partial charge in [0, 0.05) is 18.3 Å². The van der Waals surface area contributed by atoms with Crippen molar-refractivity contribution in [2.24, 2.45) is 0 Å². The Labute approximate surface area is 285 Å². The Morgan fingerprint density at radius 1 is 0.680 bits per heavy atom. The van der Waals surface area contributed by atoms with Crippen molar-refractivity contribution in [3.05, 3.63) is 133 Å². The van der Waals surface area contributed by atoms with E-state index in [0.29, 0.717) is 11.1 Å². The van der Waals surface area contributed by atoms with Gasteiger partial charge < -0.3 is 15.7 Å². The first-order chi connectivity index (χ1) is 23.1. The van der Waals surface area contributed by atoms with Gasteiger partial charge in [0.1, 0.15) is 11.3 Å². The Bertz CT molecular complexity index is 1950. The fourth-order valence-electron chi connectivity index (χ4n) is 6.19. The molecule has 0 radical (unpaired) electrons. The minimum Gasteiger partial charge on any atom is -0.478 e. The number of carbonyl (C=O) groups is 3. The van der Waals surface area contributed by atoms with Crippen LogP contribution in [0.2, 0.25) is 0 Å². The number of aryl methyl sites for hydroxylation is 4. The van der Waals surface area contributed by atoms with Crippen molar-refractivity contribution in [2.75, 3.05) is 12.4 Å². The molecule has 0 aliphatic carbocycles. The summed E-state index contributed by atoms with van der Waals surface area (Å²) in [5, 5.41) is 14.8. The highest BCUT2D eigenvalue weighted by molar-refractivity contribution is 6.11. The number of halogens is 6. The predicted octanol–water partition coefficient (Wildman–Crippen LogP) is 9.10. The maximum Gasteiger partial charge on any atom is 0.402 e. The second kappa shape index (κ2) is 13.6. The van der Waals surface area contributed by atoms with E-state index in [9.17, 15) is 45.8 Å². The third kappa shape index (κ3) is 7.10. The molecule has 0 aliphatic rings. The lowest BCUT2D eigenvalue weighted by Crippen LogP contribution is -2.41. The van der Waals surface area contributed by atoms with E-state index in [4.69, 9.17) is 0 Å². The number of benzene rings is 4. The van der Waals surface area contributed by atoms with Crippen LogP contribution in [0, 0.1) is 34.6 Å². The summed E-state index contributed by atoms with van der Waals surface area (Å²) < 4.78 is 88.4. The summed E-state index contributed by atoms with van der Waals surface area (Å²) in [5.41, 5.74) is -2.09. The largest absolute Gasteiger partial charge is 0.478 e. The fraction of sp³-hybridized carbons (Fsp3) is 0.289. The first-order valence-corrected chi connectivity index (χ1v) is 15.5. The Morgan fingerprint density at radius 2 is 1.20 bits per heavy atom. The van der Waals surface area contributed by atoms with Crippen molar-refractivity contribution in [3.8, 4) is 0 Å². The number of carbonyl (C=O) groups excluding carboxylic acids is 2. The minimum absolute atomic E-state index is 0.0459. The van der Waals surface area contributed by atoms with Gasteiger partial charge in [0.25, 0.3) is 11.8 Å². The normalized spacial score (nSPS) is 13.7. The standard InChI is InChI=1S/C38H36F6N2O4/c1-19-13-25(14-20(2)23(19)5)31(37(39,40)41)26-15-21(3)32(22(4)16-26)46-34(48)30-18-28(11-12-29(30)35(49)50)36(6,38(42,43)44)27-10-8-9-24(17-27)33(47)45-7/h8-18,31H,1-7H3,(H,45,47)(H,46,48)(H,49,50). The van der Waals surface area contributed by atoms with E-state index in [1.165, 1.54) is 63.4 Å². The molecule has 0 fully saturated rings. The summed E-state index contributed by atoms with van der Waals surface area (Å²) >= 11 is 0. The van der Waals surface area contributed by atoms with Gasteiger partial charge in [-0.1, -0.05) is 42.5 Å². The molecule has 4 aromatic rings. The summed E-state index contributed by atoms with van der Waals surface area (Å²) in [4.78, 5) is 38.1. The number of rotatable bonds is 8. The Kier molecular flexibility index (Phi) is 10.3. The lowest BCUT2D eigenvalue weighted by Gasteiger charge is -2.34. The molecule has 3 N–H and O–H groups in total. The zero-order chi connectivity index (χ0) is 37.5. The number of amides is 2. The average molecular weight is 699 g/mol. The summed E-state index contributed by atoms with van der Waals surface area (Å²) in [7, 11) is 1.32. The number of carboxylic acid groups (broad SMARTS) is 1. The van der Waals surface area contributed by atoms with Crippen LogP contribution in [0.15, 0.2) is 66.7 Å². The number of nitrogens with one attached hydrogen (secondary N) is 2. The summed E-state index contributed by atoms with van der Waals surface area (Å²) in [6.45, 7) is 9.08. The van der Waals surface area contributed by atoms with E-state index in [1.807, 2.05) is 6.92 Å². The molecule has 0 saturated heterocycles. The quantitative estimate of drug-likeness (QED) is 0.160. The second-order valence-electron chi connectivity index (χ2n) is 12.6. The molecule has 0 aliphatic heterocycles. The van der Waals surface area contributed by atoms with Crippen LogP contribution in [-0.4, -0.2) is 42.3 Å². The Hall–Kier alpha value is -5.13. The fourth-order valence-corrected chi connectivity index (χ4v) is 6.19. The van der Waals surface area contributed by atoms with Gasteiger partial charge >= 0.3 is 18.3 Å². The topological polar surface area (TPSA) is 95.5 Å². The molecule has 264 valence electrons. The van der Waals surface area contributed by atoms with E-state index >= 15 is 0 Å². The maximum atomic E-state index is 14.9. The second-order valence-corrected chi connectivity index (χ2v) is 12.6. The van der Waals surface area contributed by atoms with Crippen molar-refractivity contribution in [2.45, 2.75) is 65.2 Å². The number of hydrogen-bond acceptors (Lipinski definition) is 3. The third-order valence-electron chi connectivity index (χ3n) is 9.30. The molecule has 0 heterocycles. The molecule has 2 amide bonds. The summed E-state index contributed by atoms with van der Waals surface area (Å²) in [6.07, 6.45) is -9.64. The molecule has 0 aromatic heterocycles. The number of aromatic carboxylic acids is 1. The number of anilines is 1. The summed E-state index contributed by atoms with van der Waals surface area (Å²) in [5.74, 6) is -5.28. The van der Waals surface area contributed by atoms with Crippen molar-refractivity contribution >= 4 is 23.5 Å². The first kappa shape index (κ1) is 37.7. The van der Waals surface area contributed by atoms with Gasteiger partial charge in [-0.2, -0.15) is 26.3 Å². The van der Waals surface area contributed by atoms with E-state index < -0.39 is 58.2 Å². The molecular formula is C38H36F6N2O4. The smallest absolute Gasteiger partial charge is 0.402 e. The third-order valence-corrected chi connectivity index (χ3v) is 9.30. The number of carboxylic acids is 1. The molecule has 50 heavy (non-hydrogen) atoms. The summed E-state index contributed by atoms with van der Waals surface area (Å²) in [6, 6.07) is 13.1. The van der Waals surface area contributed by atoms with Gasteiger partial charge in [0.05, 0.1) is 11.1 Å². The molecule has 2 atom stereocenters. The van der Waals surface area contributed by atoms with E-state index in [2.05, 4.69) is 10.6 Å². The Balaban J connectivity index is 1.81. The molecule has 0 bridgehead atoms. The van der Waals surface area contributed by atoms with Crippen LogP contribution in [0.4, 0.5) is 32.0 Å². The molecule has 4 aromatic carbocycles. The molecule has 0 saturated carbocycles. The van der Waals surface area contributed by atoms with Crippen molar-refractivity contribution in [3.63, 3.8) is 0 Å². The highest BCUT2D eigenvalue weighted by atomic mass is 19.4. The minimum atomic E-state index is -4.97. The first-order valence-electron chi connectivity index (χ1n) is 15.5. The van der Waals surface area contributed by atoms with Gasteiger partial charge in [-0.25, -0.2) is 4.79 Å². The highest BCUT2D eigenvalue weighted by Crippen LogP contribution is 2.47. The van der Waals surface area contributed by atoms with Gasteiger partial charge in [-0.3, -0.25) is 9.59 Å². The SMILES string of the molecule is CNC(=O)c1cccc(C(C)(c2ccc(C(=O)O)c(C(=O)Nc3c(C)cc(C(c4cc(C)c(C)c(C)c4)C(F)(F)F)cc3C)c2)C(F)(F)F)c1. The molecule has 4 rings (SSSR count). The number of alkyl halides is 6. The van der Waals surface area contributed by atoms with Crippen LogP contribution in [-0.2, 0) is 5.41 Å². The average Bonchev–Trinajstić information content (AvgIpc) is 3.03. The highest BCUT2D eigenvalue weighted by Gasteiger charge is 2.54.